The third-order valence-electron chi connectivity index (χ3n) is 5.41. The number of carbonyl (C=O) groups excluding carboxylic acids is 1. The van der Waals surface area contributed by atoms with Gasteiger partial charge in [0.05, 0.1) is 18.4 Å². The average molecular weight is 498 g/mol. The van der Waals surface area contributed by atoms with E-state index in [1.54, 1.807) is 36.4 Å². The Balaban J connectivity index is 1.48. The number of thioether (sulfide) groups is 1. The van der Waals surface area contributed by atoms with Crippen LogP contribution in [0.5, 0.6) is 5.75 Å². The van der Waals surface area contributed by atoms with Crippen LogP contribution in [-0.2, 0) is 17.1 Å². The van der Waals surface area contributed by atoms with Crippen LogP contribution in [0.2, 0.25) is 0 Å². The molecule has 0 aliphatic rings. The molecule has 180 valence electrons. The van der Waals surface area contributed by atoms with Crippen molar-refractivity contribution < 1.29 is 14.3 Å². The van der Waals surface area contributed by atoms with Crippen LogP contribution in [0.4, 0.5) is 0 Å². The number of hydrogen-bond acceptors (Lipinski definition) is 7. The lowest BCUT2D eigenvalue weighted by molar-refractivity contribution is 0.0600. The van der Waals surface area contributed by atoms with Gasteiger partial charge in [-0.05, 0) is 54.4 Å². The van der Waals surface area contributed by atoms with Crippen LogP contribution < -0.4 is 10.3 Å². The van der Waals surface area contributed by atoms with E-state index < -0.39 is 11.5 Å². The second-order valence-electron chi connectivity index (χ2n) is 7.98. The highest BCUT2D eigenvalue weighted by Gasteiger charge is 2.14. The molecule has 0 atom stereocenters. The van der Waals surface area contributed by atoms with Crippen LogP contribution in [0.3, 0.4) is 0 Å². The molecule has 1 aromatic heterocycles. The van der Waals surface area contributed by atoms with Crippen molar-refractivity contribution in [3.63, 3.8) is 0 Å². The summed E-state index contributed by atoms with van der Waals surface area (Å²) < 4.78 is 10.6. The van der Waals surface area contributed by atoms with Crippen molar-refractivity contribution in [2.75, 3.05) is 7.11 Å². The SMILES string of the molecule is COC(=O)c1ccc(CSc2nc(-c3ccc(OCc4ccc(C)cc4)cc3)c(C#N)c(=O)[nH]2)cc1. The Kier molecular flexibility index (Phi) is 7.83. The van der Waals surface area contributed by atoms with Crippen LogP contribution in [-0.4, -0.2) is 23.0 Å². The molecule has 1 N–H and O–H groups in total. The second kappa shape index (κ2) is 11.4. The summed E-state index contributed by atoms with van der Waals surface area (Å²) in [6, 6.07) is 24.2. The molecule has 4 rings (SSSR count). The minimum Gasteiger partial charge on any atom is -0.489 e. The molecule has 0 saturated carbocycles. The molecule has 0 unspecified atom stereocenters. The van der Waals surface area contributed by atoms with E-state index in [0.717, 1.165) is 11.1 Å². The summed E-state index contributed by atoms with van der Waals surface area (Å²) in [7, 11) is 1.34. The minimum absolute atomic E-state index is 0.0462. The fourth-order valence-corrected chi connectivity index (χ4v) is 4.22. The van der Waals surface area contributed by atoms with Gasteiger partial charge in [0.15, 0.2) is 5.16 Å². The Labute approximate surface area is 212 Å². The molecule has 4 aromatic rings. The Morgan fingerprint density at radius 2 is 1.67 bits per heavy atom. The first-order valence-electron chi connectivity index (χ1n) is 11.1. The highest BCUT2D eigenvalue weighted by atomic mass is 32.2. The number of H-pyrrole nitrogens is 1. The number of nitrogens with zero attached hydrogens (tertiary/aromatic N) is 2. The minimum atomic E-state index is -0.495. The summed E-state index contributed by atoms with van der Waals surface area (Å²) in [6.45, 7) is 2.48. The van der Waals surface area contributed by atoms with Crippen molar-refractivity contribution in [3.8, 4) is 23.1 Å². The van der Waals surface area contributed by atoms with E-state index in [-0.39, 0.29) is 5.56 Å². The Morgan fingerprint density at radius 1 is 1.00 bits per heavy atom. The molecule has 8 heteroatoms. The van der Waals surface area contributed by atoms with Gasteiger partial charge >= 0.3 is 5.97 Å². The summed E-state index contributed by atoms with van der Waals surface area (Å²) in [5.41, 5.74) is 4.08. The number of nitrogens with one attached hydrogen (secondary N) is 1. The van der Waals surface area contributed by atoms with Crippen molar-refractivity contribution >= 4 is 17.7 Å². The van der Waals surface area contributed by atoms with Gasteiger partial charge in [-0.25, -0.2) is 9.78 Å². The first-order chi connectivity index (χ1) is 17.5. The number of methoxy groups -OCH3 is 1. The number of aryl methyl sites for hydroxylation is 1. The van der Waals surface area contributed by atoms with Crippen LogP contribution in [0.25, 0.3) is 11.3 Å². The molecule has 3 aromatic carbocycles. The summed E-state index contributed by atoms with van der Waals surface area (Å²) in [5, 5.41) is 9.95. The van der Waals surface area contributed by atoms with Gasteiger partial charge in [0.2, 0.25) is 0 Å². The van der Waals surface area contributed by atoms with Crippen LogP contribution >= 0.6 is 11.8 Å². The van der Waals surface area contributed by atoms with Gasteiger partial charge in [0.25, 0.3) is 5.56 Å². The van der Waals surface area contributed by atoms with Gasteiger partial charge in [-0.15, -0.1) is 0 Å². The van der Waals surface area contributed by atoms with E-state index in [0.29, 0.717) is 40.1 Å². The number of hydrogen-bond donors (Lipinski definition) is 1. The molecule has 0 aliphatic carbocycles. The average Bonchev–Trinajstić information content (AvgIpc) is 2.91. The van der Waals surface area contributed by atoms with Gasteiger partial charge < -0.3 is 14.5 Å². The summed E-state index contributed by atoms with van der Waals surface area (Å²) in [6.07, 6.45) is 0. The molecule has 0 bridgehead atoms. The first kappa shape index (κ1) is 24.8. The number of aromatic nitrogens is 2. The number of aromatic amines is 1. The standard InChI is InChI=1S/C28H23N3O4S/c1-18-3-5-19(6-4-18)16-35-23-13-11-21(12-14-23)25-24(15-29)26(32)31-28(30-25)36-17-20-7-9-22(10-8-20)27(33)34-2/h3-14H,16-17H2,1-2H3,(H,30,31,32). The molecule has 0 radical (unpaired) electrons. The molecule has 1 heterocycles. The smallest absolute Gasteiger partial charge is 0.337 e. The lowest BCUT2D eigenvalue weighted by Crippen LogP contribution is -2.14. The number of benzene rings is 3. The topological polar surface area (TPSA) is 105 Å². The van der Waals surface area contributed by atoms with E-state index >= 15 is 0 Å². The zero-order valence-corrected chi connectivity index (χ0v) is 20.6. The molecule has 7 nitrogen and oxygen atoms in total. The molecule has 0 aliphatic heterocycles. The number of carbonyl (C=O) groups is 1. The van der Waals surface area contributed by atoms with E-state index in [9.17, 15) is 14.9 Å². The van der Waals surface area contributed by atoms with Gasteiger partial charge in [0, 0.05) is 11.3 Å². The molecule has 0 amide bonds. The van der Waals surface area contributed by atoms with E-state index in [1.807, 2.05) is 49.4 Å². The van der Waals surface area contributed by atoms with Crippen molar-refractivity contribution in [3.05, 3.63) is 111 Å². The fraction of sp³-hybridized carbons (Fsp3) is 0.143. The normalized spacial score (nSPS) is 10.5. The van der Waals surface area contributed by atoms with Gasteiger partial charge in [-0.2, -0.15) is 5.26 Å². The largest absolute Gasteiger partial charge is 0.489 e. The summed E-state index contributed by atoms with van der Waals surface area (Å²) >= 11 is 1.33. The van der Waals surface area contributed by atoms with E-state index in [4.69, 9.17) is 9.47 Å². The van der Waals surface area contributed by atoms with Crippen LogP contribution in [0.15, 0.2) is 82.7 Å². The van der Waals surface area contributed by atoms with E-state index in [2.05, 4.69) is 9.97 Å². The lowest BCUT2D eigenvalue weighted by Gasteiger charge is -2.09. The summed E-state index contributed by atoms with van der Waals surface area (Å²) in [4.78, 5) is 31.4. The maximum Gasteiger partial charge on any atom is 0.337 e. The molecule has 36 heavy (non-hydrogen) atoms. The van der Waals surface area contributed by atoms with Gasteiger partial charge in [0.1, 0.15) is 24.0 Å². The molecular formula is C28H23N3O4S. The van der Waals surface area contributed by atoms with Crippen LogP contribution in [0.1, 0.15) is 32.6 Å². The van der Waals surface area contributed by atoms with Gasteiger partial charge in [-0.3, -0.25) is 4.79 Å². The predicted octanol–water partition coefficient (Wildman–Crippen LogP) is 5.27. The highest BCUT2D eigenvalue weighted by Crippen LogP contribution is 2.26. The Hall–Kier alpha value is -4.35. The highest BCUT2D eigenvalue weighted by molar-refractivity contribution is 7.98. The van der Waals surface area contributed by atoms with Crippen molar-refractivity contribution in [1.82, 2.24) is 9.97 Å². The van der Waals surface area contributed by atoms with Crippen molar-refractivity contribution in [2.45, 2.75) is 24.4 Å². The fourth-order valence-electron chi connectivity index (χ4n) is 3.40. The molecule has 0 spiro atoms. The third-order valence-corrected chi connectivity index (χ3v) is 6.36. The zero-order valence-electron chi connectivity index (χ0n) is 19.8. The molecule has 0 fully saturated rings. The second-order valence-corrected chi connectivity index (χ2v) is 8.95. The zero-order chi connectivity index (χ0) is 25.5. The number of rotatable bonds is 8. The number of nitriles is 1. The summed E-state index contributed by atoms with van der Waals surface area (Å²) in [5.74, 6) is 0.790. The molecule has 0 saturated heterocycles. The van der Waals surface area contributed by atoms with Crippen molar-refractivity contribution in [2.24, 2.45) is 0 Å². The monoisotopic (exact) mass is 497 g/mol. The maximum absolute atomic E-state index is 12.6. The van der Waals surface area contributed by atoms with E-state index in [1.165, 1.54) is 24.4 Å². The van der Waals surface area contributed by atoms with Crippen LogP contribution in [0, 0.1) is 18.3 Å². The first-order valence-corrected chi connectivity index (χ1v) is 12.1. The Morgan fingerprint density at radius 3 is 2.31 bits per heavy atom. The molecular weight excluding hydrogens is 474 g/mol. The van der Waals surface area contributed by atoms with Crippen molar-refractivity contribution in [1.29, 1.82) is 5.26 Å². The lowest BCUT2D eigenvalue weighted by atomic mass is 10.1. The van der Waals surface area contributed by atoms with Gasteiger partial charge in [-0.1, -0.05) is 53.7 Å². The third kappa shape index (κ3) is 6.01. The predicted molar refractivity (Wildman–Crippen MR) is 138 cm³/mol. The Bertz CT molecular complexity index is 1460. The number of ether oxygens (including phenoxy) is 2. The number of esters is 1. The quantitative estimate of drug-likeness (QED) is 0.201. The maximum atomic E-state index is 12.6.